The number of hydrogen-bond acceptors (Lipinski definition) is 3. The van der Waals surface area contributed by atoms with Gasteiger partial charge in [0, 0.05) is 6.04 Å². The monoisotopic (exact) mass is 210 g/mol. The molecule has 0 radical (unpaired) electrons. The Morgan fingerprint density at radius 2 is 1.87 bits per heavy atom. The maximum atomic E-state index is 5.58. The molecule has 0 aliphatic heterocycles. The number of nitrogens with zero attached hydrogens (tertiary/aromatic N) is 1. The zero-order valence-corrected chi connectivity index (χ0v) is 9.99. The van der Waals surface area contributed by atoms with Crippen LogP contribution in [0.3, 0.4) is 0 Å². The third-order valence-electron chi connectivity index (χ3n) is 2.89. The van der Waals surface area contributed by atoms with Gasteiger partial charge in [0.05, 0.1) is 13.1 Å². The highest BCUT2D eigenvalue weighted by Gasteiger charge is 2.12. The Hall–Kier alpha value is -0.800. The van der Waals surface area contributed by atoms with E-state index in [4.69, 9.17) is 10.2 Å². The minimum atomic E-state index is 0.481. The van der Waals surface area contributed by atoms with E-state index in [1.165, 1.54) is 12.8 Å². The lowest BCUT2D eigenvalue weighted by atomic mass is 10.1. The van der Waals surface area contributed by atoms with E-state index in [0.29, 0.717) is 12.6 Å². The van der Waals surface area contributed by atoms with Crippen molar-refractivity contribution in [3.8, 4) is 0 Å². The lowest BCUT2D eigenvalue weighted by molar-refractivity contribution is 0.204. The van der Waals surface area contributed by atoms with Crippen LogP contribution in [-0.4, -0.2) is 18.0 Å². The van der Waals surface area contributed by atoms with Crippen molar-refractivity contribution in [1.29, 1.82) is 0 Å². The molecule has 0 spiro atoms. The second-order valence-corrected chi connectivity index (χ2v) is 3.96. The maximum absolute atomic E-state index is 5.58. The van der Waals surface area contributed by atoms with Crippen LogP contribution in [0.2, 0.25) is 0 Å². The van der Waals surface area contributed by atoms with E-state index in [-0.39, 0.29) is 0 Å². The highest BCUT2D eigenvalue weighted by Crippen LogP contribution is 2.13. The molecular formula is C12H22N2O. The smallest absolute Gasteiger partial charge is 0.118 e. The number of nitrogens with two attached hydrogens (primary N) is 1. The van der Waals surface area contributed by atoms with Crippen molar-refractivity contribution in [3.05, 3.63) is 23.7 Å². The topological polar surface area (TPSA) is 42.4 Å². The zero-order chi connectivity index (χ0) is 11.3. The summed E-state index contributed by atoms with van der Waals surface area (Å²) in [7, 11) is 2.14. The van der Waals surface area contributed by atoms with Gasteiger partial charge in [-0.2, -0.15) is 0 Å². The Labute approximate surface area is 92.2 Å². The molecule has 0 saturated heterocycles. The van der Waals surface area contributed by atoms with Crippen molar-refractivity contribution < 1.29 is 4.42 Å². The summed E-state index contributed by atoms with van der Waals surface area (Å²) >= 11 is 0. The van der Waals surface area contributed by atoms with Gasteiger partial charge in [0.15, 0.2) is 0 Å². The minimum absolute atomic E-state index is 0.481. The lowest BCUT2D eigenvalue weighted by Gasteiger charge is -2.24. The zero-order valence-electron chi connectivity index (χ0n) is 9.99. The van der Waals surface area contributed by atoms with Crippen LogP contribution in [0.1, 0.15) is 38.2 Å². The summed E-state index contributed by atoms with van der Waals surface area (Å²) in [6.45, 7) is 5.79. The van der Waals surface area contributed by atoms with Crippen molar-refractivity contribution in [1.82, 2.24) is 4.90 Å². The molecule has 1 aromatic heterocycles. The van der Waals surface area contributed by atoms with E-state index < -0.39 is 0 Å². The van der Waals surface area contributed by atoms with Crippen LogP contribution in [0, 0.1) is 0 Å². The Morgan fingerprint density at radius 3 is 2.33 bits per heavy atom. The molecule has 0 aliphatic carbocycles. The van der Waals surface area contributed by atoms with Gasteiger partial charge in [-0.3, -0.25) is 4.90 Å². The molecule has 1 rings (SSSR count). The number of rotatable bonds is 6. The minimum Gasteiger partial charge on any atom is -0.463 e. The van der Waals surface area contributed by atoms with Crippen LogP contribution in [0.5, 0.6) is 0 Å². The van der Waals surface area contributed by atoms with Crippen molar-refractivity contribution in [3.63, 3.8) is 0 Å². The molecule has 0 saturated carbocycles. The van der Waals surface area contributed by atoms with Gasteiger partial charge in [0.2, 0.25) is 0 Å². The van der Waals surface area contributed by atoms with Crippen LogP contribution in [-0.2, 0) is 13.1 Å². The predicted molar refractivity (Wildman–Crippen MR) is 62.4 cm³/mol. The normalized spacial score (nSPS) is 11.6. The van der Waals surface area contributed by atoms with Crippen LogP contribution >= 0.6 is 0 Å². The van der Waals surface area contributed by atoms with Gasteiger partial charge in [-0.25, -0.2) is 0 Å². The van der Waals surface area contributed by atoms with Gasteiger partial charge in [-0.15, -0.1) is 0 Å². The van der Waals surface area contributed by atoms with Gasteiger partial charge in [0.25, 0.3) is 0 Å². The summed E-state index contributed by atoms with van der Waals surface area (Å²) in [4.78, 5) is 2.33. The molecule has 0 bridgehead atoms. The quantitative estimate of drug-likeness (QED) is 0.783. The standard InChI is InChI=1S/C12H22N2O/c1-4-10(5-2)14(3)9-12-7-6-11(8-13)15-12/h6-7,10H,4-5,8-9,13H2,1-3H3. The molecule has 0 aliphatic rings. The van der Waals surface area contributed by atoms with E-state index in [1.807, 2.05) is 12.1 Å². The molecule has 15 heavy (non-hydrogen) atoms. The Morgan fingerprint density at radius 1 is 1.27 bits per heavy atom. The van der Waals surface area contributed by atoms with E-state index in [0.717, 1.165) is 18.1 Å². The molecule has 2 N–H and O–H groups in total. The van der Waals surface area contributed by atoms with Gasteiger partial charge in [-0.05, 0) is 32.0 Å². The summed E-state index contributed by atoms with van der Waals surface area (Å²) in [5.41, 5.74) is 5.50. The molecule has 0 amide bonds. The highest BCUT2D eigenvalue weighted by atomic mass is 16.3. The first-order valence-corrected chi connectivity index (χ1v) is 5.69. The molecular weight excluding hydrogens is 188 g/mol. The van der Waals surface area contributed by atoms with E-state index in [1.54, 1.807) is 0 Å². The summed E-state index contributed by atoms with van der Waals surface area (Å²) in [5.74, 6) is 1.87. The Balaban J connectivity index is 2.53. The first kappa shape index (κ1) is 12.3. The van der Waals surface area contributed by atoms with Crippen LogP contribution < -0.4 is 5.73 Å². The number of furan rings is 1. The van der Waals surface area contributed by atoms with Gasteiger partial charge < -0.3 is 10.2 Å². The first-order chi connectivity index (χ1) is 7.21. The molecule has 1 aromatic rings. The molecule has 3 nitrogen and oxygen atoms in total. The van der Waals surface area contributed by atoms with Crippen molar-refractivity contribution in [2.24, 2.45) is 5.73 Å². The third kappa shape index (κ3) is 3.36. The van der Waals surface area contributed by atoms with Gasteiger partial charge in [0.1, 0.15) is 11.5 Å². The van der Waals surface area contributed by atoms with Crippen LogP contribution in [0.15, 0.2) is 16.5 Å². The second-order valence-electron chi connectivity index (χ2n) is 3.96. The number of hydrogen-bond donors (Lipinski definition) is 1. The van der Waals surface area contributed by atoms with Gasteiger partial charge in [-0.1, -0.05) is 13.8 Å². The molecule has 86 valence electrons. The van der Waals surface area contributed by atoms with Crippen molar-refractivity contribution in [2.75, 3.05) is 7.05 Å². The molecule has 0 fully saturated rings. The molecule has 0 atom stereocenters. The average molecular weight is 210 g/mol. The fourth-order valence-corrected chi connectivity index (χ4v) is 1.90. The fourth-order valence-electron chi connectivity index (χ4n) is 1.90. The van der Waals surface area contributed by atoms with Crippen LogP contribution in [0.4, 0.5) is 0 Å². The molecule has 1 heterocycles. The predicted octanol–water partition coefficient (Wildman–Crippen LogP) is 2.36. The van der Waals surface area contributed by atoms with E-state index in [9.17, 15) is 0 Å². The SMILES string of the molecule is CCC(CC)N(C)Cc1ccc(CN)o1. The largest absolute Gasteiger partial charge is 0.463 e. The third-order valence-corrected chi connectivity index (χ3v) is 2.89. The van der Waals surface area contributed by atoms with E-state index >= 15 is 0 Å². The van der Waals surface area contributed by atoms with E-state index in [2.05, 4.69) is 25.8 Å². The summed E-state index contributed by atoms with van der Waals surface area (Å²) in [6.07, 6.45) is 2.36. The molecule has 0 unspecified atom stereocenters. The van der Waals surface area contributed by atoms with Crippen molar-refractivity contribution >= 4 is 0 Å². The first-order valence-electron chi connectivity index (χ1n) is 5.69. The molecule has 0 aromatic carbocycles. The van der Waals surface area contributed by atoms with Crippen LogP contribution in [0.25, 0.3) is 0 Å². The van der Waals surface area contributed by atoms with Crippen molar-refractivity contribution in [2.45, 2.75) is 45.8 Å². The average Bonchev–Trinajstić information content (AvgIpc) is 2.67. The highest BCUT2D eigenvalue weighted by molar-refractivity contribution is 5.06. The summed E-state index contributed by atoms with van der Waals surface area (Å²) in [6, 6.07) is 4.60. The molecule has 3 heteroatoms. The Bertz CT molecular complexity index is 279. The lowest BCUT2D eigenvalue weighted by Crippen LogP contribution is -2.29. The summed E-state index contributed by atoms with van der Waals surface area (Å²) < 4.78 is 5.58. The summed E-state index contributed by atoms with van der Waals surface area (Å²) in [5, 5.41) is 0. The Kier molecular flexibility index (Phi) is 4.85. The maximum Gasteiger partial charge on any atom is 0.118 e. The second kappa shape index (κ2) is 5.93. The fraction of sp³-hybridized carbons (Fsp3) is 0.667. The van der Waals surface area contributed by atoms with Gasteiger partial charge >= 0.3 is 0 Å².